The van der Waals surface area contributed by atoms with Crippen LogP contribution in [0.15, 0.2) is 0 Å². The molecule has 3 nitrogen and oxygen atoms in total. The predicted molar refractivity (Wildman–Crippen MR) is 57.8 cm³/mol. The minimum atomic E-state index is -0.241. The lowest BCUT2D eigenvalue weighted by atomic mass is 9.85. The predicted octanol–water partition coefficient (Wildman–Crippen LogP) is 1.28. The van der Waals surface area contributed by atoms with E-state index in [2.05, 4.69) is 19.2 Å². The highest BCUT2D eigenvalue weighted by Crippen LogP contribution is 2.37. The fraction of sp³-hybridized carbons (Fsp3) is 0.909. The average Bonchev–Trinajstić information content (AvgIpc) is 2.63. The Hall–Kier alpha value is -0.570. The van der Waals surface area contributed by atoms with Crippen LogP contribution >= 0.6 is 0 Å². The van der Waals surface area contributed by atoms with Crippen molar-refractivity contribution >= 4 is 5.91 Å². The molecule has 0 atom stereocenters. The highest BCUT2D eigenvalue weighted by Gasteiger charge is 2.39. The average molecular weight is 198 g/mol. The number of hydrogen-bond donors (Lipinski definition) is 2. The summed E-state index contributed by atoms with van der Waals surface area (Å²) in [5.74, 6) is 0.682. The maximum atomic E-state index is 11.9. The Morgan fingerprint density at radius 3 is 2.43 bits per heavy atom. The third-order valence-corrected chi connectivity index (χ3v) is 3.10. The quantitative estimate of drug-likeness (QED) is 0.715. The lowest BCUT2D eigenvalue weighted by molar-refractivity contribution is -0.130. The van der Waals surface area contributed by atoms with Crippen molar-refractivity contribution in [1.82, 2.24) is 5.32 Å². The molecule has 82 valence electrons. The van der Waals surface area contributed by atoms with Gasteiger partial charge in [-0.2, -0.15) is 0 Å². The van der Waals surface area contributed by atoms with Gasteiger partial charge in [-0.25, -0.2) is 0 Å². The summed E-state index contributed by atoms with van der Waals surface area (Å²) >= 11 is 0. The largest absolute Gasteiger partial charge is 0.355 e. The Kier molecular flexibility index (Phi) is 3.93. The molecule has 14 heavy (non-hydrogen) atoms. The first-order valence-corrected chi connectivity index (χ1v) is 5.59. The van der Waals surface area contributed by atoms with Crippen molar-refractivity contribution in [2.24, 2.45) is 17.1 Å². The molecule has 1 saturated carbocycles. The van der Waals surface area contributed by atoms with Crippen LogP contribution in [0.1, 0.15) is 39.5 Å². The van der Waals surface area contributed by atoms with Gasteiger partial charge in [0.25, 0.3) is 0 Å². The van der Waals surface area contributed by atoms with Crippen LogP contribution in [0.25, 0.3) is 0 Å². The number of nitrogens with two attached hydrogens (primary N) is 1. The number of hydrogen-bond acceptors (Lipinski definition) is 2. The minimum Gasteiger partial charge on any atom is -0.355 e. The molecule has 0 aromatic rings. The smallest absolute Gasteiger partial charge is 0.227 e. The lowest BCUT2D eigenvalue weighted by Crippen LogP contribution is -2.45. The van der Waals surface area contributed by atoms with Crippen molar-refractivity contribution < 1.29 is 4.79 Å². The second-order valence-corrected chi connectivity index (χ2v) is 4.80. The van der Waals surface area contributed by atoms with E-state index >= 15 is 0 Å². The van der Waals surface area contributed by atoms with Gasteiger partial charge in [-0.3, -0.25) is 4.79 Å². The highest BCUT2D eigenvalue weighted by molar-refractivity contribution is 5.83. The maximum absolute atomic E-state index is 11.9. The Bertz CT molecular complexity index is 195. The van der Waals surface area contributed by atoms with Gasteiger partial charge in [-0.05, 0) is 18.8 Å². The number of carbonyl (C=O) groups is 1. The molecule has 0 aromatic heterocycles. The molecule has 1 aliphatic carbocycles. The van der Waals surface area contributed by atoms with Crippen LogP contribution in [-0.2, 0) is 4.79 Å². The number of rotatable bonds is 4. The van der Waals surface area contributed by atoms with Gasteiger partial charge in [0.1, 0.15) is 0 Å². The molecule has 1 fully saturated rings. The van der Waals surface area contributed by atoms with Gasteiger partial charge in [0.15, 0.2) is 0 Å². The first-order valence-electron chi connectivity index (χ1n) is 5.59. The van der Waals surface area contributed by atoms with E-state index in [9.17, 15) is 4.79 Å². The Morgan fingerprint density at radius 1 is 1.43 bits per heavy atom. The molecule has 0 radical (unpaired) electrons. The topological polar surface area (TPSA) is 55.1 Å². The summed E-state index contributed by atoms with van der Waals surface area (Å²) < 4.78 is 0. The zero-order valence-electron chi connectivity index (χ0n) is 9.31. The molecule has 1 aliphatic rings. The van der Waals surface area contributed by atoms with E-state index in [0.29, 0.717) is 12.5 Å². The summed E-state index contributed by atoms with van der Waals surface area (Å²) in [7, 11) is 0. The van der Waals surface area contributed by atoms with Crippen LogP contribution in [0.5, 0.6) is 0 Å². The Labute approximate surface area is 86.4 Å². The Morgan fingerprint density at radius 2 is 2.00 bits per heavy atom. The molecule has 0 aromatic carbocycles. The van der Waals surface area contributed by atoms with E-state index in [-0.39, 0.29) is 11.3 Å². The van der Waals surface area contributed by atoms with Crippen molar-refractivity contribution in [3.8, 4) is 0 Å². The fourth-order valence-corrected chi connectivity index (χ4v) is 2.06. The third kappa shape index (κ3) is 2.47. The Balaban J connectivity index is 2.48. The van der Waals surface area contributed by atoms with Crippen LogP contribution in [-0.4, -0.2) is 19.0 Å². The van der Waals surface area contributed by atoms with E-state index in [0.717, 1.165) is 32.2 Å². The van der Waals surface area contributed by atoms with Crippen molar-refractivity contribution in [2.45, 2.75) is 39.5 Å². The van der Waals surface area contributed by atoms with E-state index in [1.165, 1.54) is 0 Å². The first-order chi connectivity index (χ1) is 6.60. The second-order valence-electron chi connectivity index (χ2n) is 4.80. The second kappa shape index (κ2) is 4.78. The molecule has 1 rings (SSSR count). The van der Waals surface area contributed by atoms with Gasteiger partial charge in [-0.1, -0.05) is 26.7 Å². The SMILES string of the molecule is CC(C)CNC(=O)C1(CN)CCCC1. The molecule has 0 heterocycles. The van der Waals surface area contributed by atoms with Crippen molar-refractivity contribution in [1.29, 1.82) is 0 Å². The van der Waals surface area contributed by atoms with Crippen LogP contribution in [0.2, 0.25) is 0 Å². The number of amides is 1. The summed E-state index contributed by atoms with van der Waals surface area (Å²) in [6.07, 6.45) is 4.22. The summed E-state index contributed by atoms with van der Waals surface area (Å²) in [4.78, 5) is 11.9. The molecule has 3 N–H and O–H groups in total. The van der Waals surface area contributed by atoms with Gasteiger partial charge >= 0.3 is 0 Å². The van der Waals surface area contributed by atoms with E-state index in [1.807, 2.05) is 0 Å². The third-order valence-electron chi connectivity index (χ3n) is 3.10. The van der Waals surface area contributed by atoms with Crippen LogP contribution in [0, 0.1) is 11.3 Å². The zero-order valence-corrected chi connectivity index (χ0v) is 9.31. The normalized spacial score (nSPS) is 20.0. The van der Waals surface area contributed by atoms with Crippen molar-refractivity contribution in [2.75, 3.05) is 13.1 Å². The van der Waals surface area contributed by atoms with E-state index in [1.54, 1.807) is 0 Å². The summed E-state index contributed by atoms with van der Waals surface area (Å²) in [6, 6.07) is 0. The van der Waals surface area contributed by atoms with Crippen molar-refractivity contribution in [3.63, 3.8) is 0 Å². The molecule has 0 bridgehead atoms. The molecule has 0 saturated heterocycles. The first kappa shape index (κ1) is 11.5. The molecule has 0 unspecified atom stereocenters. The van der Waals surface area contributed by atoms with Crippen molar-refractivity contribution in [3.05, 3.63) is 0 Å². The molecule has 3 heteroatoms. The standard InChI is InChI=1S/C11H22N2O/c1-9(2)7-13-10(14)11(8-12)5-3-4-6-11/h9H,3-8,12H2,1-2H3,(H,13,14). The van der Waals surface area contributed by atoms with Gasteiger partial charge in [0.05, 0.1) is 5.41 Å². The molecule has 0 aliphatic heterocycles. The summed E-state index contributed by atoms with van der Waals surface area (Å²) in [5.41, 5.74) is 5.47. The molecule has 0 spiro atoms. The minimum absolute atomic E-state index is 0.172. The van der Waals surface area contributed by atoms with Crippen LogP contribution < -0.4 is 11.1 Å². The summed E-state index contributed by atoms with van der Waals surface area (Å²) in [5, 5.41) is 3.00. The monoisotopic (exact) mass is 198 g/mol. The van der Waals surface area contributed by atoms with Crippen LogP contribution in [0.3, 0.4) is 0 Å². The van der Waals surface area contributed by atoms with Gasteiger partial charge in [-0.15, -0.1) is 0 Å². The lowest BCUT2D eigenvalue weighted by Gasteiger charge is -2.26. The zero-order chi connectivity index (χ0) is 10.6. The maximum Gasteiger partial charge on any atom is 0.227 e. The molecular formula is C11H22N2O. The summed E-state index contributed by atoms with van der Waals surface area (Å²) in [6.45, 7) is 5.46. The highest BCUT2D eigenvalue weighted by atomic mass is 16.2. The number of nitrogens with one attached hydrogen (secondary N) is 1. The van der Waals surface area contributed by atoms with Crippen LogP contribution in [0.4, 0.5) is 0 Å². The van der Waals surface area contributed by atoms with E-state index < -0.39 is 0 Å². The fourth-order valence-electron chi connectivity index (χ4n) is 2.06. The van der Waals surface area contributed by atoms with Gasteiger partial charge < -0.3 is 11.1 Å². The molecule has 1 amide bonds. The number of carbonyl (C=O) groups excluding carboxylic acids is 1. The van der Waals surface area contributed by atoms with E-state index in [4.69, 9.17) is 5.73 Å². The molecular weight excluding hydrogens is 176 g/mol. The van der Waals surface area contributed by atoms with Gasteiger partial charge in [0, 0.05) is 13.1 Å². The van der Waals surface area contributed by atoms with Gasteiger partial charge in [0.2, 0.25) is 5.91 Å².